The van der Waals surface area contributed by atoms with Crippen molar-refractivity contribution < 1.29 is 9.53 Å². The maximum atomic E-state index is 12.1. The zero-order valence-corrected chi connectivity index (χ0v) is 17.7. The summed E-state index contributed by atoms with van der Waals surface area (Å²) in [6, 6.07) is 0. The molecule has 1 rings (SSSR count). The Morgan fingerprint density at radius 2 is 1.80 bits per heavy atom. The van der Waals surface area contributed by atoms with E-state index in [9.17, 15) is 4.79 Å². The molecule has 0 aromatic carbocycles. The third-order valence-electron chi connectivity index (χ3n) is 5.22. The smallest absolute Gasteiger partial charge is 0.334 e. The Labute approximate surface area is 155 Å². The number of carbonyl (C=O) groups excluding carboxylic acids is 1. The number of carbonyl (C=O) groups is 1. The highest BCUT2D eigenvalue weighted by molar-refractivity contribution is 5.89. The quantitative estimate of drug-likeness (QED) is 0.382. The maximum absolute atomic E-state index is 12.1. The topological polar surface area (TPSA) is 26.3 Å². The summed E-state index contributed by atoms with van der Waals surface area (Å²) in [5.41, 5.74) is 4.12. The van der Waals surface area contributed by atoms with E-state index in [1.165, 1.54) is 11.1 Å². The first-order valence-electron chi connectivity index (χ1n) is 9.66. The lowest BCUT2D eigenvalue weighted by atomic mass is 9.75. The Hall–Kier alpha value is -1.31. The van der Waals surface area contributed by atoms with Gasteiger partial charge < -0.3 is 4.74 Å². The van der Waals surface area contributed by atoms with E-state index < -0.39 is 0 Å². The standard InChI is InChI=1S/C23H38O2/c1-17(2)16-25-21(24)19-11-13-20(14-12-19)23(7,8)15-9-10-18(3)22(4,5)6/h10-11,14,17H,9,12-13,15-16H2,1-8H3. The van der Waals surface area contributed by atoms with Crippen molar-refractivity contribution in [2.24, 2.45) is 16.7 Å². The average molecular weight is 347 g/mol. The van der Waals surface area contributed by atoms with E-state index in [0.717, 1.165) is 24.8 Å². The van der Waals surface area contributed by atoms with Gasteiger partial charge in [-0.1, -0.05) is 77.8 Å². The van der Waals surface area contributed by atoms with Crippen LogP contribution in [0, 0.1) is 16.7 Å². The van der Waals surface area contributed by atoms with Gasteiger partial charge in [0.1, 0.15) is 0 Å². The van der Waals surface area contributed by atoms with E-state index >= 15 is 0 Å². The van der Waals surface area contributed by atoms with Crippen LogP contribution in [0.3, 0.4) is 0 Å². The molecule has 2 heteroatoms. The second-order valence-corrected chi connectivity index (χ2v) is 9.42. The predicted molar refractivity (Wildman–Crippen MR) is 107 cm³/mol. The minimum absolute atomic E-state index is 0.148. The van der Waals surface area contributed by atoms with Crippen molar-refractivity contribution in [3.63, 3.8) is 0 Å². The molecule has 0 amide bonds. The van der Waals surface area contributed by atoms with Crippen molar-refractivity contribution >= 4 is 5.97 Å². The summed E-state index contributed by atoms with van der Waals surface area (Å²) in [5, 5.41) is 0. The van der Waals surface area contributed by atoms with Gasteiger partial charge in [0.15, 0.2) is 0 Å². The van der Waals surface area contributed by atoms with Gasteiger partial charge in [-0.25, -0.2) is 4.79 Å². The zero-order valence-electron chi connectivity index (χ0n) is 17.7. The van der Waals surface area contributed by atoms with E-state index in [1.54, 1.807) is 0 Å². The molecule has 0 aliphatic heterocycles. The molecule has 25 heavy (non-hydrogen) atoms. The molecule has 0 saturated carbocycles. The number of hydrogen-bond donors (Lipinski definition) is 0. The van der Waals surface area contributed by atoms with Crippen LogP contribution >= 0.6 is 0 Å². The minimum atomic E-state index is -0.148. The highest BCUT2D eigenvalue weighted by Crippen LogP contribution is 2.38. The van der Waals surface area contributed by atoms with Gasteiger partial charge in [0.2, 0.25) is 0 Å². The van der Waals surface area contributed by atoms with Crippen molar-refractivity contribution in [3.05, 3.63) is 34.9 Å². The molecule has 0 unspecified atom stereocenters. The molecule has 0 spiro atoms. The summed E-state index contributed by atoms with van der Waals surface area (Å²) in [7, 11) is 0. The zero-order chi connectivity index (χ0) is 19.3. The first kappa shape index (κ1) is 21.7. The van der Waals surface area contributed by atoms with E-state index in [4.69, 9.17) is 4.74 Å². The van der Waals surface area contributed by atoms with Gasteiger partial charge in [-0.3, -0.25) is 0 Å². The molecule has 0 atom stereocenters. The van der Waals surface area contributed by atoms with Gasteiger partial charge >= 0.3 is 5.97 Å². The van der Waals surface area contributed by atoms with Crippen molar-refractivity contribution in [2.45, 2.75) is 81.1 Å². The lowest BCUT2D eigenvalue weighted by molar-refractivity contribution is -0.140. The number of ether oxygens (including phenoxy) is 1. The first-order chi connectivity index (χ1) is 11.4. The van der Waals surface area contributed by atoms with Crippen molar-refractivity contribution in [2.75, 3.05) is 6.61 Å². The van der Waals surface area contributed by atoms with Crippen molar-refractivity contribution in [1.82, 2.24) is 0 Å². The summed E-state index contributed by atoms with van der Waals surface area (Å²) >= 11 is 0. The number of hydrogen-bond acceptors (Lipinski definition) is 2. The molecule has 2 nitrogen and oxygen atoms in total. The number of allylic oxidation sites excluding steroid dienone is 5. The van der Waals surface area contributed by atoms with Gasteiger partial charge in [0.25, 0.3) is 0 Å². The second kappa shape index (κ2) is 8.87. The molecule has 0 saturated heterocycles. The van der Waals surface area contributed by atoms with E-state index in [-0.39, 0.29) is 16.8 Å². The summed E-state index contributed by atoms with van der Waals surface area (Å²) < 4.78 is 5.34. The largest absolute Gasteiger partial charge is 0.462 e. The fraction of sp³-hybridized carbons (Fsp3) is 0.696. The van der Waals surface area contributed by atoms with Crippen LogP contribution in [0.4, 0.5) is 0 Å². The van der Waals surface area contributed by atoms with Crippen LogP contribution in [0.15, 0.2) is 34.9 Å². The molecule has 1 aliphatic rings. The second-order valence-electron chi connectivity index (χ2n) is 9.42. The van der Waals surface area contributed by atoms with Gasteiger partial charge in [-0.15, -0.1) is 0 Å². The molecule has 0 heterocycles. The van der Waals surface area contributed by atoms with Crippen LogP contribution in [0.25, 0.3) is 0 Å². The van der Waals surface area contributed by atoms with Gasteiger partial charge in [0.05, 0.1) is 6.61 Å². The Bertz CT molecular complexity index is 551. The van der Waals surface area contributed by atoms with Crippen LogP contribution in [0.5, 0.6) is 0 Å². The molecule has 0 radical (unpaired) electrons. The molecule has 0 aromatic heterocycles. The molecular weight excluding hydrogens is 308 g/mol. The Kier molecular flexibility index (Phi) is 7.71. The fourth-order valence-electron chi connectivity index (χ4n) is 2.80. The predicted octanol–water partition coefficient (Wildman–Crippen LogP) is 6.63. The van der Waals surface area contributed by atoms with Crippen LogP contribution in [0.2, 0.25) is 0 Å². The van der Waals surface area contributed by atoms with E-state index in [1.807, 2.05) is 0 Å². The normalized spacial score (nSPS) is 16.6. The van der Waals surface area contributed by atoms with Crippen LogP contribution in [-0.4, -0.2) is 12.6 Å². The summed E-state index contributed by atoms with van der Waals surface area (Å²) in [6.45, 7) is 18.2. The molecular formula is C23H38O2. The minimum Gasteiger partial charge on any atom is -0.462 e. The molecule has 0 bridgehead atoms. The first-order valence-corrected chi connectivity index (χ1v) is 9.66. The van der Waals surface area contributed by atoms with Crippen LogP contribution in [-0.2, 0) is 9.53 Å². The molecule has 0 N–H and O–H groups in total. The number of esters is 1. The Balaban J connectivity index is 2.58. The van der Waals surface area contributed by atoms with Gasteiger partial charge in [-0.2, -0.15) is 0 Å². The monoisotopic (exact) mass is 346 g/mol. The molecule has 0 aromatic rings. The Morgan fingerprint density at radius 3 is 2.28 bits per heavy atom. The Morgan fingerprint density at radius 1 is 1.16 bits per heavy atom. The van der Waals surface area contributed by atoms with Crippen molar-refractivity contribution in [3.8, 4) is 0 Å². The van der Waals surface area contributed by atoms with E-state index in [2.05, 4.69) is 73.6 Å². The SMILES string of the molecule is CC(=CCCC(C)(C)C1=CCC(C(=O)OCC(C)C)=CC1)C(C)(C)C. The molecule has 1 aliphatic carbocycles. The third-order valence-corrected chi connectivity index (χ3v) is 5.22. The van der Waals surface area contributed by atoms with Gasteiger partial charge in [-0.05, 0) is 49.4 Å². The molecule has 142 valence electrons. The third kappa shape index (κ3) is 7.22. The van der Waals surface area contributed by atoms with Crippen LogP contribution < -0.4 is 0 Å². The van der Waals surface area contributed by atoms with Crippen molar-refractivity contribution in [1.29, 1.82) is 0 Å². The number of rotatable bonds is 7. The summed E-state index contributed by atoms with van der Waals surface area (Å²) in [5.74, 6) is 0.230. The lowest BCUT2D eigenvalue weighted by Gasteiger charge is -2.30. The summed E-state index contributed by atoms with van der Waals surface area (Å²) in [6.07, 6.45) is 10.5. The molecule has 0 fully saturated rings. The van der Waals surface area contributed by atoms with Gasteiger partial charge in [0, 0.05) is 5.57 Å². The van der Waals surface area contributed by atoms with Crippen LogP contribution in [0.1, 0.15) is 81.1 Å². The average Bonchev–Trinajstić information content (AvgIpc) is 2.51. The highest BCUT2D eigenvalue weighted by atomic mass is 16.5. The van der Waals surface area contributed by atoms with E-state index in [0.29, 0.717) is 18.9 Å². The lowest BCUT2D eigenvalue weighted by Crippen LogP contribution is -2.18. The summed E-state index contributed by atoms with van der Waals surface area (Å²) in [4.78, 5) is 12.1. The highest BCUT2D eigenvalue weighted by Gasteiger charge is 2.25. The maximum Gasteiger partial charge on any atom is 0.334 e. The fourth-order valence-corrected chi connectivity index (χ4v) is 2.80.